The summed E-state index contributed by atoms with van der Waals surface area (Å²) in [4.78, 5) is 22.0. The number of aliphatic carboxylic acids is 1. The van der Waals surface area contributed by atoms with Crippen molar-refractivity contribution in [1.29, 1.82) is 0 Å². The first-order valence-electron chi connectivity index (χ1n) is 8.28. The Morgan fingerprint density at radius 2 is 1.50 bits per heavy atom. The molecule has 0 fully saturated rings. The van der Waals surface area contributed by atoms with E-state index in [0.717, 1.165) is 25.7 Å². The van der Waals surface area contributed by atoms with Gasteiger partial charge in [0.1, 0.15) is 0 Å². The van der Waals surface area contributed by atoms with Crippen LogP contribution in [0, 0.1) is 0 Å². The van der Waals surface area contributed by atoms with Crippen molar-refractivity contribution in [2.75, 3.05) is 5.75 Å². The van der Waals surface area contributed by atoms with Crippen molar-refractivity contribution in [3.63, 3.8) is 0 Å². The Kier molecular flexibility index (Phi) is 12.1. The van der Waals surface area contributed by atoms with Crippen LogP contribution in [0.4, 0.5) is 0 Å². The maximum atomic E-state index is 11.0. The molecule has 0 saturated heterocycles. The Morgan fingerprint density at radius 1 is 0.958 bits per heavy atom. The van der Waals surface area contributed by atoms with E-state index in [-0.39, 0.29) is 5.91 Å². The van der Waals surface area contributed by atoms with Gasteiger partial charge in [0.2, 0.25) is 5.91 Å². The molecule has 0 rings (SSSR count). The molecule has 0 aliphatic heterocycles. The van der Waals surface area contributed by atoms with Gasteiger partial charge >= 0.3 is 5.97 Å². The summed E-state index contributed by atoms with van der Waals surface area (Å²) in [6.07, 6.45) is 10.7. The average molecular weight is 354 g/mol. The lowest BCUT2D eigenvalue weighted by Crippen LogP contribution is -2.37. The Hall–Kier alpha value is -1.49. The number of carboxylic acid groups (broad SMARTS) is 1. The van der Waals surface area contributed by atoms with E-state index >= 15 is 0 Å². The molecule has 1 atom stereocenters. The van der Waals surface area contributed by atoms with Crippen LogP contribution in [0.15, 0.2) is 34.9 Å². The standard InChI is InChI=1S/C19H31NO3S/c1-14(2)8-6-9-15(3)10-7-11-16(4)12-13-24-18(19(22)23)20-17(5)21/h8,10,12,18H,6-7,9,11,13H2,1-5H3,(H,20,21)(H,22,23)/b15-10+,16-12+/t18-/m1/s1. The van der Waals surface area contributed by atoms with Crippen LogP contribution in [-0.4, -0.2) is 28.1 Å². The van der Waals surface area contributed by atoms with Gasteiger partial charge in [0.05, 0.1) is 0 Å². The fourth-order valence-corrected chi connectivity index (χ4v) is 2.95. The number of rotatable bonds is 11. The zero-order valence-corrected chi connectivity index (χ0v) is 16.3. The lowest BCUT2D eigenvalue weighted by Gasteiger charge is -2.11. The first-order chi connectivity index (χ1) is 11.2. The van der Waals surface area contributed by atoms with Crippen molar-refractivity contribution in [2.45, 2.75) is 65.7 Å². The highest BCUT2D eigenvalue weighted by Gasteiger charge is 2.17. The van der Waals surface area contributed by atoms with Gasteiger partial charge in [-0.3, -0.25) is 4.79 Å². The van der Waals surface area contributed by atoms with Gasteiger partial charge in [-0.2, -0.15) is 0 Å². The number of thioether (sulfide) groups is 1. The molecule has 5 heteroatoms. The zero-order valence-electron chi connectivity index (χ0n) is 15.5. The Balaban J connectivity index is 4.16. The number of carbonyl (C=O) groups is 2. The summed E-state index contributed by atoms with van der Waals surface area (Å²) in [7, 11) is 0. The maximum Gasteiger partial charge on any atom is 0.336 e. The van der Waals surface area contributed by atoms with Crippen molar-refractivity contribution in [3.05, 3.63) is 34.9 Å². The molecule has 4 nitrogen and oxygen atoms in total. The van der Waals surface area contributed by atoms with Gasteiger partial charge in [-0.15, -0.1) is 11.8 Å². The van der Waals surface area contributed by atoms with Crippen molar-refractivity contribution < 1.29 is 14.7 Å². The summed E-state index contributed by atoms with van der Waals surface area (Å²) in [5.74, 6) is -0.771. The van der Waals surface area contributed by atoms with E-state index < -0.39 is 11.3 Å². The SMILES string of the molecule is CC(=O)N[C@H](SC/C=C(\C)CC/C=C(\C)CCC=C(C)C)C(=O)O. The van der Waals surface area contributed by atoms with Crippen molar-refractivity contribution in [2.24, 2.45) is 0 Å². The summed E-state index contributed by atoms with van der Waals surface area (Å²) in [5.41, 5.74) is 4.01. The second-order valence-corrected chi connectivity index (χ2v) is 7.35. The molecule has 0 aromatic rings. The number of allylic oxidation sites excluding steroid dienone is 5. The van der Waals surface area contributed by atoms with E-state index in [2.05, 4.69) is 45.2 Å². The molecular formula is C19H31NO3S. The van der Waals surface area contributed by atoms with Crippen LogP contribution < -0.4 is 5.32 Å². The van der Waals surface area contributed by atoms with Gasteiger partial charge in [0, 0.05) is 12.7 Å². The minimum Gasteiger partial charge on any atom is -0.479 e. The van der Waals surface area contributed by atoms with Crippen LogP contribution in [0.1, 0.15) is 60.3 Å². The molecular weight excluding hydrogens is 322 g/mol. The monoisotopic (exact) mass is 353 g/mol. The highest BCUT2D eigenvalue weighted by atomic mass is 32.2. The highest BCUT2D eigenvalue weighted by molar-refractivity contribution is 8.00. The van der Waals surface area contributed by atoms with Crippen molar-refractivity contribution in [3.8, 4) is 0 Å². The van der Waals surface area contributed by atoms with E-state index in [4.69, 9.17) is 5.11 Å². The molecule has 1 amide bonds. The predicted octanol–water partition coefficient (Wildman–Crippen LogP) is 4.69. The smallest absolute Gasteiger partial charge is 0.336 e. The van der Waals surface area contributed by atoms with Gasteiger partial charge in [-0.1, -0.05) is 34.9 Å². The fraction of sp³-hybridized carbons (Fsp3) is 0.579. The first-order valence-corrected chi connectivity index (χ1v) is 9.33. The second kappa shape index (κ2) is 12.9. The highest BCUT2D eigenvalue weighted by Crippen LogP contribution is 2.14. The minimum absolute atomic E-state index is 0.329. The van der Waals surface area contributed by atoms with E-state index in [9.17, 15) is 9.59 Å². The molecule has 0 radical (unpaired) electrons. The maximum absolute atomic E-state index is 11.0. The molecule has 0 heterocycles. The Bertz CT molecular complexity index is 503. The van der Waals surface area contributed by atoms with Gasteiger partial charge in [0.25, 0.3) is 0 Å². The number of nitrogens with one attached hydrogen (secondary N) is 1. The molecule has 136 valence electrons. The molecule has 0 bridgehead atoms. The fourth-order valence-electron chi connectivity index (χ4n) is 1.98. The van der Waals surface area contributed by atoms with Crippen LogP contribution in [0.5, 0.6) is 0 Å². The van der Waals surface area contributed by atoms with E-state index in [1.165, 1.54) is 35.4 Å². The molecule has 0 saturated carbocycles. The third kappa shape index (κ3) is 13.0. The zero-order chi connectivity index (χ0) is 18.5. The number of carboxylic acids is 1. The van der Waals surface area contributed by atoms with E-state index in [1.807, 2.05) is 6.08 Å². The third-order valence-electron chi connectivity index (χ3n) is 3.38. The minimum atomic E-state index is -1.02. The normalized spacial score (nSPS) is 13.4. The lowest BCUT2D eigenvalue weighted by molar-refractivity contribution is -0.138. The van der Waals surface area contributed by atoms with Crippen molar-refractivity contribution in [1.82, 2.24) is 5.32 Å². The van der Waals surface area contributed by atoms with E-state index in [1.54, 1.807) is 0 Å². The Morgan fingerprint density at radius 3 is 2.00 bits per heavy atom. The third-order valence-corrected chi connectivity index (χ3v) is 4.39. The van der Waals surface area contributed by atoms with Crippen LogP contribution in [0.2, 0.25) is 0 Å². The van der Waals surface area contributed by atoms with Crippen LogP contribution in [-0.2, 0) is 9.59 Å². The van der Waals surface area contributed by atoms with Gasteiger partial charge in [-0.25, -0.2) is 4.79 Å². The number of amides is 1. The largest absolute Gasteiger partial charge is 0.479 e. The van der Waals surface area contributed by atoms with Gasteiger partial charge in [0.15, 0.2) is 5.37 Å². The molecule has 24 heavy (non-hydrogen) atoms. The average Bonchev–Trinajstić information content (AvgIpc) is 2.45. The van der Waals surface area contributed by atoms with Gasteiger partial charge < -0.3 is 10.4 Å². The topological polar surface area (TPSA) is 66.4 Å². The second-order valence-electron chi connectivity index (χ2n) is 6.21. The summed E-state index contributed by atoms with van der Waals surface area (Å²) in [6, 6.07) is 0. The lowest BCUT2D eigenvalue weighted by atomic mass is 10.1. The molecule has 0 aromatic heterocycles. The first kappa shape index (κ1) is 22.5. The predicted molar refractivity (Wildman–Crippen MR) is 103 cm³/mol. The summed E-state index contributed by atoms with van der Waals surface area (Å²) in [6.45, 7) is 9.78. The van der Waals surface area contributed by atoms with Crippen molar-refractivity contribution >= 4 is 23.6 Å². The molecule has 0 aliphatic rings. The quantitative estimate of drug-likeness (QED) is 0.418. The number of hydrogen-bond donors (Lipinski definition) is 2. The van der Waals surface area contributed by atoms with Crippen LogP contribution in [0.3, 0.4) is 0 Å². The number of carbonyl (C=O) groups excluding carboxylic acids is 1. The summed E-state index contributed by atoms with van der Waals surface area (Å²) >= 11 is 1.21. The number of hydrogen-bond acceptors (Lipinski definition) is 3. The molecule has 0 unspecified atom stereocenters. The molecule has 0 aliphatic carbocycles. The van der Waals surface area contributed by atoms with E-state index in [0.29, 0.717) is 5.75 Å². The molecule has 0 aromatic carbocycles. The summed E-state index contributed by atoms with van der Waals surface area (Å²) in [5, 5.41) is 10.6. The summed E-state index contributed by atoms with van der Waals surface area (Å²) < 4.78 is 0. The molecule has 0 spiro atoms. The Labute approximate surface area is 150 Å². The van der Waals surface area contributed by atoms with Gasteiger partial charge in [-0.05, 0) is 53.4 Å². The van der Waals surface area contributed by atoms with Crippen LogP contribution >= 0.6 is 11.8 Å². The molecule has 2 N–H and O–H groups in total. The van der Waals surface area contributed by atoms with Crippen LogP contribution in [0.25, 0.3) is 0 Å².